The van der Waals surface area contributed by atoms with E-state index in [9.17, 15) is 4.79 Å². The Balaban J connectivity index is 1.65. The van der Waals surface area contributed by atoms with Gasteiger partial charge in [-0.3, -0.25) is 4.79 Å². The lowest BCUT2D eigenvalue weighted by Crippen LogP contribution is -2.14. The first-order valence-corrected chi connectivity index (χ1v) is 14.1. The molecule has 200 valence electrons. The fourth-order valence-electron chi connectivity index (χ4n) is 5.83. The van der Waals surface area contributed by atoms with Crippen molar-refractivity contribution in [2.24, 2.45) is 0 Å². The van der Waals surface area contributed by atoms with E-state index in [0.717, 1.165) is 62.0 Å². The molecule has 7 rings (SSSR count). The topological polar surface area (TPSA) is 23.6 Å². The monoisotopic (exact) mass is 540 g/mol. The highest BCUT2D eigenvalue weighted by molar-refractivity contribution is 6.23. The minimum atomic E-state index is 0.636. The van der Waals surface area contributed by atoms with Gasteiger partial charge in [-0.1, -0.05) is 109 Å². The Morgan fingerprint density at radius 2 is 0.690 bits per heavy atom. The maximum absolute atomic E-state index is 12.2. The van der Waals surface area contributed by atoms with Gasteiger partial charge in [0.25, 0.3) is 0 Å². The smallest absolute Gasteiger partial charge is 0.150 e. The van der Waals surface area contributed by atoms with E-state index in [2.05, 4.69) is 137 Å². The fourth-order valence-corrected chi connectivity index (χ4v) is 5.83. The number of rotatable bonds is 7. The van der Waals surface area contributed by atoms with Crippen LogP contribution in [0, 0.1) is 0 Å². The third kappa shape index (κ3) is 4.47. The second-order valence-electron chi connectivity index (χ2n) is 10.2. The summed E-state index contributed by atoms with van der Waals surface area (Å²) in [6.45, 7) is 0. The van der Waals surface area contributed by atoms with Gasteiger partial charge in [-0.05, 0) is 54.6 Å². The molecule has 0 fully saturated rings. The van der Waals surface area contributed by atoms with Crippen LogP contribution in [-0.4, -0.2) is 6.29 Å². The Kier molecular flexibility index (Phi) is 6.67. The summed E-state index contributed by atoms with van der Waals surface area (Å²) in [4.78, 5) is 16.8. The summed E-state index contributed by atoms with van der Waals surface area (Å²) in [6, 6.07) is 56.4. The van der Waals surface area contributed by atoms with Crippen LogP contribution in [0.2, 0.25) is 0 Å². The second kappa shape index (κ2) is 11.1. The number of hydrogen-bond donors (Lipinski definition) is 0. The largest absolute Gasteiger partial charge is 0.309 e. The van der Waals surface area contributed by atoms with E-state index < -0.39 is 0 Å². The third-order valence-electron chi connectivity index (χ3n) is 7.63. The molecule has 3 heteroatoms. The van der Waals surface area contributed by atoms with Crippen LogP contribution in [-0.2, 0) is 0 Å². The zero-order chi connectivity index (χ0) is 28.3. The Bertz CT molecular complexity index is 1910. The number of aldehydes is 1. The normalized spacial score (nSPS) is 11.0. The van der Waals surface area contributed by atoms with Crippen LogP contribution in [0.4, 0.5) is 34.1 Å². The zero-order valence-corrected chi connectivity index (χ0v) is 23.0. The van der Waals surface area contributed by atoms with E-state index in [1.165, 1.54) is 0 Å². The van der Waals surface area contributed by atoms with Gasteiger partial charge in [0.1, 0.15) is 6.29 Å². The van der Waals surface area contributed by atoms with Gasteiger partial charge in [-0.25, -0.2) is 0 Å². The number of carbonyl (C=O) groups excluding carboxylic acids is 1. The number of benzene rings is 7. The first-order valence-electron chi connectivity index (χ1n) is 14.1. The maximum atomic E-state index is 12.2. The molecule has 0 spiro atoms. The number of carbonyl (C=O) groups is 1. The Morgan fingerprint density at radius 3 is 1.07 bits per heavy atom. The van der Waals surface area contributed by atoms with Crippen molar-refractivity contribution in [2.45, 2.75) is 0 Å². The maximum Gasteiger partial charge on any atom is 0.150 e. The van der Waals surface area contributed by atoms with Crippen molar-refractivity contribution in [1.82, 2.24) is 0 Å². The van der Waals surface area contributed by atoms with E-state index in [1.807, 2.05) is 36.4 Å². The first-order chi connectivity index (χ1) is 20.8. The van der Waals surface area contributed by atoms with Crippen molar-refractivity contribution < 1.29 is 4.79 Å². The van der Waals surface area contributed by atoms with E-state index in [0.29, 0.717) is 5.56 Å². The highest BCUT2D eigenvalue weighted by Gasteiger charge is 2.25. The summed E-state index contributed by atoms with van der Waals surface area (Å²) in [6.07, 6.45) is 0.930. The van der Waals surface area contributed by atoms with Crippen LogP contribution in [0.25, 0.3) is 21.5 Å². The lowest BCUT2D eigenvalue weighted by molar-refractivity contribution is 0.112. The molecule has 7 aromatic rings. The van der Waals surface area contributed by atoms with Crippen LogP contribution < -0.4 is 9.80 Å². The van der Waals surface area contributed by atoms with Crippen LogP contribution in [0.3, 0.4) is 0 Å². The summed E-state index contributed by atoms with van der Waals surface area (Å²) in [5.41, 5.74) is 6.95. The summed E-state index contributed by atoms with van der Waals surface area (Å²) in [5.74, 6) is 0. The molecule has 0 atom stereocenters. The number of fused-ring (bicyclic) bond motifs is 2. The van der Waals surface area contributed by atoms with E-state index in [-0.39, 0.29) is 0 Å². The molecule has 0 heterocycles. The van der Waals surface area contributed by atoms with Gasteiger partial charge < -0.3 is 9.80 Å². The number of anilines is 6. The van der Waals surface area contributed by atoms with Gasteiger partial charge in [0.15, 0.2) is 0 Å². The molecular weight excluding hydrogens is 512 g/mol. The number of nitrogens with zero attached hydrogens (tertiary/aromatic N) is 2. The summed E-state index contributed by atoms with van der Waals surface area (Å²) >= 11 is 0. The molecule has 0 aromatic heterocycles. The standard InChI is InChI=1S/C39H28N2O/c42-28-29-25-26-36-37(27-29)39(41(32-19-9-3-10-20-32)33-21-11-4-12-22-33)35-24-14-13-23-34(35)38(36)40(30-15-5-1-6-16-30)31-17-7-2-8-18-31/h1-28H. The molecule has 0 saturated heterocycles. The fraction of sp³-hybridized carbons (Fsp3) is 0. The van der Waals surface area contributed by atoms with E-state index >= 15 is 0 Å². The lowest BCUT2D eigenvalue weighted by atomic mass is 9.94. The predicted molar refractivity (Wildman–Crippen MR) is 176 cm³/mol. The van der Waals surface area contributed by atoms with Gasteiger partial charge in [0.05, 0.1) is 11.4 Å². The van der Waals surface area contributed by atoms with Gasteiger partial charge in [-0.15, -0.1) is 0 Å². The van der Waals surface area contributed by atoms with E-state index in [1.54, 1.807) is 0 Å². The van der Waals surface area contributed by atoms with Crippen LogP contribution in [0.15, 0.2) is 164 Å². The molecule has 0 aliphatic rings. The molecule has 0 saturated carbocycles. The first kappa shape index (κ1) is 25.3. The molecular formula is C39H28N2O. The summed E-state index contributed by atoms with van der Waals surface area (Å²) in [5, 5.41) is 4.26. The second-order valence-corrected chi connectivity index (χ2v) is 10.2. The van der Waals surface area contributed by atoms with Crippen LogP contribution in [0.5, 0.6) is 0 Å². The average molecular weight is 541 g/mol. The molecule has 0 unspecified atom stereocenters. The molecule has 0 radical (unpaired) electrons. The molecule has 0 bridgehead atoms. The highest BCUT2D eigenvalue weighted by atomic mass is 16.1. The summed E-state index contributed by atoms with van der Waals surface area (Å²) < 4.78 is 0. The Morgan fingerprint density at radius 1 is 0.357 bits per heavy atom. The van der Waals surface area contributed by atoms with Crippen molar-refractivity contribution in [3.05, 3.63) is 169 Å². The minimum Gasteiger partial charge on any atom is -0.309 e. The van der Waals surface area contributed by atoms with Gasteiger partial charge in [0.2, 0.25) is 0 Å². The van der Waals surface area contributed by atoms with E-state index in [4.69, 9.17) is 0 Å². The van der Waals surface area contributed by atoms with Crippen molar-refractivity contribution in [3.8, 4) is 0 Å². The average Bonchev–Trinajstić information content (AvgIpc) is 3.07. The van der Waals surface area contributed by atoms with Crippen molar-refractivity contribution in [1.29, 1.82) is 0 Å². The molecule has 0 N–H and O–H groups in total. The minimum absolute atomic E-state index is 0.636. The number of para-hydroxylation sites is 4. The molecule has 0 amide bonds. The molecule has 42 heavy (non-hydrogen) atoms. The highest BCUT2D eigenvalue weighted by Crippen LogP contribution is 2.50. The number of hydrogen-bond acceptors (Lipinski definition) is 3. The molecule has 3 nitrogen and oxygen atoms in total. The Hall–Kier alpha value is -5.67. The SMILES string of the molecule is O=Cc1ccc2c(N(c3ccccc3)c3ccccc3)c3ccccc3c(N(c3ccccc3)c3ccccc3)c2c1. The quantitative estimate of drug-likeness (QED) is 0.114. The third-order valence-corrected chi connectivity index (χ3v) is 7.63. The van der Waals surface area contributed by atoms with Crippen molar-refractivity contribution in [3.63, 3.8) is 0 Å². The lowest BCUT2D eigenvalue weighted by Gasteiger charge is -2.32. The van der Waals surface area contributed by atoms with Gasteiger partial charge >= 0.3 is 0 Å². The summed E-state index contributed by atoms with van der Waals surface area (Å²) in [7, 11) is 0. The van der Waals surface area contributed by atoms with Crippen molar-refractivity contribution >= 4 is 62.0 Å². The van der Waals surface area contributed by atoms with Crippen LogP contribution in [0.1, 0.15) is 10.4 Å². The molecule has 0 aliphatic carbocycles. The molecule has 7 aromatic carbocycles. The molecule has 0 aliphatic heterocycles. The predicted octanol–water partition coefficient (Wildman–Crippen LogP) is 10.7. The van der Waals surface area contributed by atoms with Gasteiger partial charge in [0, 0.05) is 49.9 Å². The Labute approximate surface area is 245 Å². The van der Waals surface area contributed by atoms with Gasteiger partial charge in [-0.2, -0.15) is 0 Å². The van der Waals surface area contributed by atoms with Crippen LogP contribution >= 0.6 is 0 Å². The zero-order valence-electron chi connectivity index (χ0n) is 23.0. The van der Waals surface area contributed by atoms with Crippen molar-refractivity contribution in [2.75, 3.05) is 9.80 Å².